The fourth-order valence-electron chi connectivity index (χ4n) is 2.52. The fraction of sp³-hybridized carbons (Fsp3) is 1.00. The molecule has 2 N–H and O–H groups in total. The maximum Gasteiger partial charge on any atom is 0.0278 e. The Labute approximate surface area is 102 Å². The van der Waals surface area contributed by atoms with E-state index in [9.17, 15) is 0 Å². The lowest BCUT2D eigenvalue weighted by Crippen LogP contribution is -2.52. The summed E-state index contributed by atoms with van der Waals surface area (Å²) in [7, 11) is 0. The van der Waals surface area contributed by atoms with E-state index in [4.69, 9.17) is 5.73 Å². The summed E-state index contributed by atoms with van der Waals surface area (Å²) in [5, 5.41) is 0. The summed E-state index contributed by atoms with van der Waals surface area (Å²) in [6.45, 7) is 12.7. The minimum Gasteiger partial charge on any atom is -0.324 e. The molecule has 1 fully saturated rings. The van der Waals surface area contributed by atoms with E-state index in [1.165, 1.54) is 32.4 Å². The quantitative estimate of drug-likeness (QED) is 0.781. The highest BCUT2D eigenvalue weighted by Crippen LogP contribution is 2.34. The van der Waals surface area contributed by atoms with Crippen LogP contribution in [0, 0.1) is 5.41 Å². The number of nitrogens with zero attached hydrogens (tertiary/aromatic N) is 1. The smallest absolute Gasteiger partial charge is 0.0278 e. The monoisotopic (exact) mass is 226 g/mol. The molecule has 1 heterocycles. The van der Waals surface area contributed by atoms with Crippen molar-refractivity contribution in [1.29, 1.82) is 0 Å². The van der Waals surface area contributed by atoms with Gasteiger partial charge in [-0.25, -0.2) is 0 Å². The normalized spacial score (nSPS) is 22.3. The number of hydrogen-bond donors (Lipinski definition) is 1. The van der Waals surface area contributed by atoms with Gasteiger partial charge in [-0.2, -0.15) is 0 Å². The van der Waals surface area contributed by atoms with Crippen LogP contribution in [0.3, 0.4) is 0 Å². The van der Waals surface area contributed by atoms with Gasteiger partial charge in [0.1, 0.15) is 0 Å². The topological polar surface area (TPSA) is 29.3 Å². The van der Waals surface area contributed by atoms with Crippen molar-refractivity contribution in [3.8, 4) is 0 Å². The second-order valence-corrected chi connectivity index (χ2v) is 6.01. The summed E-state index contributed by atoms with van der Waals surface area (Å²) < 4.78 is 0. The van der Waals surface area contributed by atoms with Gasteiger partial charge in [-0.05, 0) is 44.2 Å². The van der Waals surface area contributed by atoms with E-state index >= 15 is 0 Å². The lowest BCUT2D eigenvalue weighted by Gasteiger charge is -2.42. The largest absolute Gasteiger partial charge is 0.324 e. The van der Waals surface area contributed by atoms with Gasteiger partial charge < -0.3 is 10.6 Å². The van der Waals surface area contributed by atoms with Crippen LogP contribution in [0.1, 0.15) is 59.8 Å². The van der Waals surface area contributed by atoms with Crippen molar-refractivity contribution in [2.24, 2.45) is 11.1 Å². The summed E-state index contributed by atoms with van der Waals surface area (Å²) in [5.74, 6) is 0. The van der Waals surface area contributed by atoms with Crippen LogP contribution in [-0.2, 0) is 0 Å². The molecule has 96 valence electrons. The third-order valence-electron chi connectivity index (χ3n) is 4.86. The molecular formula is C14H30N2. The highest BCUT2D eigenvalue weighted by atomic mass is 15.2. The Morgan fingerprint density at radius 3 is 2.00 bits per heavy atom. The first kappa shape index (κ1) is 14.0. The summed E-state index contributed by atoms with van der Waals surface area (Å²) in [4.78, 5) is 2.57. The van der Waals surface area contributed by atoms with Gasteiger partial charge in [0.05, 0.1) is 0 Å². The molecule has 0 saturated carbocycles. The first-order valence-electron chi connectivity index (χ1n) is 6.98. The van der Waals surface area contributed by atoms with Crippen LogP contribution in [0.5, 0.6) is 0 Å². The van der Waals surface area contributed by atoms with Crippen molar-refractivity contribution in [2.75, 3.05) is 19.6 Å². The molecule has 2 heteroatoms. The SMILES string of the molecule is CCC1(C)CCN(CC(N)(CC)CC)CC1. The van der Waals surface area contributed by atoms with Crippen molar-refractivity contribution in [2.45, 2.75) is 65.3 Å². The summed E-state index contributed by atoms with van der Waals surface area (Å²) in [6, 6.07) is 0. The summed E-state index contributed by atoms with van der Waals surface area (Å²) in [6.07, 6.45) is 6.17. The molecule has 0 unspecified atom stereocenters. The summed E-state index contributed by atoms with van der Waals surface area (Å²) in [5.41, 5.74) is 7.02. The molecule has 0 atom stereocenters. The number of nitrogens with two attached hydrogens (primary N) is 1. The molecule has 0 aliphatic carbocycles. The maximum absolute atomic E-state index is 6.39. The van der Waals surface area contributed by atoms with E-state index < -0.39 is 0 Å². The van der Waals surface area contributed by atoms with Crippen molar-refractivity contribution < 1.29 is 0 Å². The van der Waals surface area contributed by atoms with Gasteiger partial charge >= 0.3 is 0 Å². The van der Waals surface area contributed by atoms with Crippen molar-refractivity contribution in [3.05, 3.63) is 0 Å². The zero-order chi connectivity index (χ0) is 12.2. The van der Waals surface area contributed by atoms with Gasteiger partial charge in [0, 0.05) is 12.1 Å². The lowest BCUT2D eigenvalue weighted by molar-refractivity contribution is 0.0924. The van der Waals surface area contributed by atoms with Crippen LogP contribution in [0.4, 0.5) is 0 Å². The van der Waals surface area contributed by atoms with E-state index in [1.54, 1.807) is 0 Å². The van der Waals surface area contributed by atoms with Crippen molar-refractivity contribution in [1.82, 2.24) is 4.90 Å². The fourth-order valence-corrected chi connectivity index (χ4v) is 2.52. The van der Waals surface area contributed by atoms with Gasteiger partial charge in [-0.15, -0.1) is 0 Å². The second kappa shape index (κ2) is 5.50. The Balaban J connectivity index is 2.43. The predicted octanol–water partition coefficient (Wildman–Crippen LogP) is 3.02. The van der Waals surface area contributed by atoms with Crippen LogP contribution in [0.2, 0.25) is 0 Å². The first-order valence-corrected chi connectivity index (χ1v) is 6.98. The zero-order valence-corrected chi connectivity index (χ0v) is 11.7. The molecule has 1 rings (SSSR count). The van der Waals surface area contributed by atoms with Gasteiger partial charge in [0.25, 0.3) is 0 Å². The molecule has 0 amide bonds. The van der Waals surface area contributed by atoms with Crippen molar-refractivity contribution >= 4 is 0 Å². The number of likely N-dealkylation sites (tertiary alicyclic amines) is 1. The molecule has 0 aromatic heterocycles. The van der Waals surface area contributed by atoms with Crippen LogP contribution in [0.15, 0.2) is 0 Å². The molecular weight excluding hydrogens is 196 g/mol. The van der Waals surface area contributed by atoms with E-state index in [2.05, 4.69) is 32.6 Å². The molecule has 2 nitrogen and oxygen atoms in total. The standard InChI is InChI=1S/C14H30N2/c1-5-13(4)8-10-16(11-9-13)12-14(15,6-2)7-3/h5-12,15H2,1-4H3. The molecule has 0 radical (unpaired) electrons. The molecule has 1 aliphatic rings. The minimum absolute atomic E-state index is 0.0416. The first-order chi connectivity index (χ1) is 7.47. The van der Waals surface area contributed by atoms with Crippen LogP contribution < -0.4 is 5.73 Å². The van der Waals surface area contributed by atoms with Gasteiger partial charge in [0.15, 0.2) is 0 Å². The highest BCUT2D eigenvalue weighted by molar-refractivity contribution is 4.88. The minimum atomic E-state index is 0.0416. The van der Waals surface area contributed by atoms with Crippen LogP contribution >= 0.6 is 0 Å². The Morgan fingerprint density at radius 2 is 1.62 bits per heavy atom. The molecule has 0 aromatic carbocycles. The average Bonchev–Trinajstić information content (AvgIpc) is 2.32. The highest BCUT2D eigenvalue weighted by Gasteiger charge is 2.31. The molecule has 1 aliphatic heterocycles. The lowest BCUT2D eigenvalue weighted by atomic mass is 9.78. The summed E-state index contributed by atoms with van der Waals surface area (Å²) >= 11 is 0. The van der Waals surface area contributed by atoms with Crippen molar-refractivity contribution in [3.63, 3.8) is 0 Å². The third kappa shape index (κ3) is 3.46. The molecule has 0 spiro atoms. The van der Waals surface area contributed by atoms with E-state index in [0.717, 1.165) is 19.4 Å². The second-order valence-electron chi connectivity index (χ2n) is 6.01. The maximum atomic E-state index is 6.39. The number of rotatable bonds is 5. The Morgan fingerprint density at radius 1 is 1.12 bits per heavy atom. The average molecular weight is 226 g/mol. The van der Waals surface area contributed by atoms with E-state index in [-0.39, 0.29) is 5.54 Å². The number of hydrogen-bond acceptors (Lipinski definition) is 2. The Bertz CT molecular complexity index is 201. The van der Waals surface area contributed by atoms with Crippen LogP contribution in [-0.4, -0.2) is 30.1 Å². The van der Waals surface area contributed by atoms with Gasteiger partial charge in [-0.1, -0.05) is 34.1 Å². The third-order valence-corrected chi connectivity index (χ3v) is 4.86. The van der Waals surface area contributed by atoms with Gasteiger partial charge in [-0.3, -0.25) is 0 Å². The molecule has 1 saturated heterocycles. The van der Waals surface area contributed by atoms with Crippen LogP contribution in [0.25, 0.3) is 0 Å². The zero-order valence-electron chi connectivity index (χ0n) is 11.7. The molecule has 16 heavy (non-hydrogen) atoms. The van der Waals surface area contributed by atoms with Gasteiger partial charge in [0.2, 0.25) is 0 Å². The Hall–Kier alpha value is -0.0800. The Kier molecular flexibility index (Phi) is 4.81. The predicted molar refractivity (Wildman–Crippen MR) is 71.6 cm³/mol. The van der Waals surface area contributed by atoms with E-state index in [1.807, 2.05) is 0 Å². The molecule has 0 aromatic rings. The molecule has 0 bridgehead atoms. The number of piperidine rings is 1. The van der Waals surface area contributed by atoms with E-state index in [0.29, 0.717) is 5.41 Å².